The summed E-state index contributed by atoms with van der Waals surface area (Å²) < 4.78 is 5.51. The van der Waals surface area contributed by atoms with Crippen molar-refractivity contribution in [1.29, 1.82) is 0 Å². The quantitative estimate of drug-likeness (QED) is 0.489. The third kappa shape index (κ3) is 4.12. The molecule has 0 bridgehead atoms. The van der Waals surface area contributed by atoms with Crippen LogP contribution in [0.25, 0.3) is 5.57 Å². The summed E-state index contributed by atoms with van der Waals surface area (Å²) in [4.78, 5) is 28.1. The van der Waals surface area contributed by atoms with Crippen LogP contribution in [0.1, 0.15) is 23.6 Å². The van der Waals surface area contributed by atoms with Crippen molar-refractivity contribution in [1.82, 2.24) is 0 Å². The summed E-state index contributed by atoms with van der Waals surface area (Å²) in [7, 11) is 0. The summed E-state index contributed by atoms with van der Waals surface area (Å²) in [5.41, 5.74) is 4.54. The van der Waals surface area contributed by atoms with Gasteiger partial charge in [0.05, 0.1) is 17.9 Å². The maximum Gasteiger partial charge on any atom is 0.282 e. The van der Waals surface area contributed by atoms with Crippen LogP contribution in [-0.2, 0) is 9.59 Å². The molecule has 3 aromatic rings. The summed E-state index contributed by atoms with van der Waals surface area (Å²) in [5.74, 6) is -0.142. The summed E-state index contributed by atoms with van der Waals surface area (Å²) in [6, 6.07) is 19.7. The Morgan fingerprint density at radius 3 is 2.31 bits per heavy atom. The summed E-state index contributed by atoms with van der Waals surface area (Å²) in [5, 5.41) is 3.64. The number of hydrogen-bond acceptors (Lipinski definition) is 4. The first-order valence-corrected chi connectivity index (χ1v) is 10.7. The minimum absolute atomic E-state index is 0.224. The highest BCUT2D eigenvalue weighted by Crippen LogP contribution is 2.35. The maximum atomic E-state index is 13.5. The van der Waals surface area contributed by atoms with Crippen molar-refractivity contribution < 1.29 is 14.3 Å². The highest BCUT2D eigenvalue weighted by Gasteiger charge is 2.40. The number of carbonyl (C=O) groups excluding carboxylic acids is 2. The van der Waals surface area contributed by atoms with E-state index in [0.717, 1.165) is 21.7 Å². The van der Waals surface area contributed by atoms with Crippen molar-refractivity contribution in [3.05, 3.63) is 94.1 Å². The average Bonchev–Trinajstić information content (AvgIpc) is 3.01. The van der Waals surface area contributed by atoms with E-state index < -0.39 is 11.8 Å². The third-order valence-corrected chi connectivity index (χ3v) is 5.62. The zero-order valence-electron chi connectivity index (χ0n) is 18.1. The number of benzene rings is 3. The number of nitrogens with one attached hydrogen (secondary N) is 1. The van der Waals surface area contributed by atoms with Crippen molar-refractivity contribution in [3.63, 3.8) is 0 Å². The molecule has 1 aliphatic rings. The lowest BCUT2D eigenvalue weighted by Gasteiger charge is -2.16. The van der Waals surface area contributed by atoms with Gasteiger partial charge in [-0.3, -0.25) is 9.59 Å². The largest absolute Gasteiger partial charge is 0.494 e. The molecule has 0 fully saturated rings. The maximum absolute atomic E-state index is 13.5. The number of anilines is 2. The Bertz CT molecular complexity index is 1230. The molecule has 0 unspecified atom stereocenters. The predicted octanol–water partition coefficient (Wildman–Crippen LogP) is 5.75. The van der Waals surface area contributed by atoms with Crippen LogP contribution in [0, 0.1) is 13.8 Å². The van der Waals surface area contributed by atoms with Crippen LogP contribution < -0.4 is 15.0 Å². The predicted molar refractivity (Wildman–Crippen MR) is 128 cm³/mol. The third-order valence-electron chi connectivity index (χ3n) is 5.38. The Kier molecular flexibility index (Phi) is 6.01. The van der Waals surface area contributed by atoms with Gasteiger partial charge in [-0.15, -0.1) is 0 Å². The number of halogens is 1. The molecule has 4 rings (SSSR count). The van der Waals surface area contributed by atoms with E-state index in [4.69, 9.17) is 16.3 Å². The van der Waals surface area contributed by atoms with Gasteiger partial charge in [0, 0.05) is 10.7 Å². The van der Waals surface area contributed by atoms with Crippen LogP contribution in [0.5, 0.6) is 5.75 Å². The second-order valence-corrected chi connectivity index (χ2v) is 7.99. The highest BCUT2D eigenvalue weighted by molar-refractivity contribution is 6.46. The molecular formula is C26H23ClN2O3. The first kappa shape index (κ1) is 21.7. The number of carbonyl (C=O) groups is 2. The van der Waals surface area contributed by atoms with E-state index in [-0.39, 0.29) is 5.70 Å². The van der Waals surface area contributed by atoms with Crippen molar-refractivity contribution in [3.8, 4) is 5.75 Å². The number of hydrogen-bond donors (Lipinski definition) is 1. The van der Waals surface area contributed by atoms with E-state index in [1.54, 1.807) is 48.5 Å². The molecule has 0 saturated carbocycles. The van der Waals surface area contributed by atoms with E-state index in [9.17, 15) is 9.59 Å². The van der Waals surface area contributed by atoms with E-state index >= 15 is 0 Å². The molecule has 0 radical (unpaired) electrons. The number of nitrogens with zero attached hydrogens (tertiary/aromatic N) is 1. The molecule has 6 heteroatoms. The van der Waals surface area contributed by atoms with Crippen molar-refractivity contribution >= 4 is 40.4 Å². The minimum Gasteiger partial charge on any atom is -0.494 e. The van der Waals surface area contributed by atoms with Crippen LogP contribution in [0.2, 0.25) is 5.02 Å². The lowest BCUT2D eigenvalue weighted by atomic mass is 10.0. The van der Waals surface area contributed by atoms with Gasteiger partial charge in [-0.1, -0.05) is 35.9 Å². The van der Waals surface area contributed by atoms with Crippen LogP contribution in [-0.4, -0.2) is 18.4 Å². The molecule has 162 valence electrons. The molecule has 32 heavy (non-hydrogen) atoms. The van der Waals surface area contributed by atoms with Gasteiger partial charge in [0.1, 0.15) is 11.4 Å². The normalized spacial score (nSPS) is 13.7. The van der Waals surface area contributed by atoms with Gasteiger partial charge in [-0.05, 0) is 79.9 Å². The molecule has 2 amide bonds. The summed E-state index contributed by atoms with van der Waals surface area (Å²) >= 11 is 6.13. The van der Waals surface area contributed by atoms with Gasteiger partial charge >= 0.3 is 0 Å². The van der Waals surface area contributed by atoms with Crippen LogP contribution >= 0.6 is 11.6 Å². The molecular weight excluding hydrogens is 424 g/mol. The van der Waals surface area contributed by atoms with Gasteiger partial charge in [0.15, 0.2) is 0 Å². The van der Waals surface area contributed by atoms with E-state index in [0.29, 0.717) is 34.2 Å². The number of amides is 2. The van der Waals surface area contributed by atoms with E-state index in [2.05, 4.69) is 5.32 Å². The molecule has 0 spiro atoms. The molecule has 1 N–H and O–H groups in total. The zero-order valence-corrected chi connectivity index (χ0v) is 18.9. The Hall–Kier alpha value is -3.57. The molecule has 5 nitrogen and oxygen atoms in total. The fraction of sp³-hybridized carbons (Fsp3) is 0.154. The lowest BCUT2D eigenvalue weighted by molar-refractivity contribution is -0.120. The Labute approximate surface area is 192 Å². The van der Waals surface area contributed by atoms with Gasteiger partial charge < -0.3 is 10.1 Å². The summed E-state index contributed by atoms with van der Waals surface area (Å²) in [6.45, 7) is 6.47. The molecule has 0 aromatic heterocycles. The molecule has 1 heterocycles. The van der Waals surface area contributed by atoms with Gasteiger partial charge in [-0.25, -0.2) is 4.90 Å². The number of ether oxygens (including phenoxy) is 1. The number of imide groups is 1. The number of aryl methyl sites for hydroxylation is 2. The number of rotatable bonds is 6. The van der Waals surface area contributed by atoms with Crippen molar-refractivity contribution in [2.75, 3.05) is 16.8 Å². The van der Waals surface area contributed by atoms with Crippen molar-refractivity contribution in [2.45, 2.75) is 20.8 Å². The average molecular weight is 447 g/mol. The first-order chi connectivity index (χ1) is 15.4. The fourth-order valence-electron chi connectivity index (χ4n) is 3.61. The van der Waals surface area contributed by atoms with Crippen LogP contribution in [0.15, 0.2) is 72.4 Å². The monoisotopic (exact) mass is 446 g/mol. The first-order valence-electron chi connectivity index (χ1n) is 10.3. The van der Waals surface area contributed by atoms with Crippen LogP contribution in [0.3, 0.4) is 0 Å². The fourth-order valence-corrected chi connectivity index (χ4v) is 3.80. The lowest BCUT2D eigenvalue weighted by Crippen LogP contribution is -2.32. The molecule has 0 aliphatic carbocycles. The highest BCUT2D eigenvalue weighted by atomic mass is 35.5. The van der Waals surface area contributed by atoms with E-state index in [1.807, 2.05) is 39.0 Å². The Morgan fingerprint density at radius 1 is 0.906 bits per heavy atom. The Morgan fingerprint density at radius 2 is 1.66 bits per heavy atom. The molecule has 1 aliphatic heterocycles. The topological polar surface area (TPSA) is 58.6 Å². The summed E-state index contributed by atoms with van der Waals surface area (Å²) in [6.07, 6.45) is 0. The molecule has 0 saturated heterocycles. The van der Waals surface area contributed by atoms with Gasteiger partial charge in [0.25, 0.3) is 11.8 Å². The minimum atomic E-state index is -0.431. The second kappa shape index (κ2) is 8.89. The zero-order chi connectivity index (χ0) is 22.8. The Balaban J connectivity index is 1.80. The van der Waals surface area contributed by atoms with E-state index in [1.165, 1.54) is 0 Å². The van der Waals surface area contributed by atoms with Gasteiger partial charge in [-0.2, -0.15) is 0 Å². The smallest absolute Gasteiger partial charge is 0.282 e. The SMILES string of the molecule is CCOc1ccc(C2=C(Nc3ccc(C)c(C)c3)C(=O)N(c3cccc(Cl)c3)C2=O)cc1. The second-order valence-electron chi connectivity index (χ2n) is 7.56. The van der Waals surface area contributed by atoms with Crippen LogP contribution in [0.4, 0.5) is 11.4 Å². The molecule has 3 aromatic carbocycles. The van der Waals surface area contributed by atoms with Crippen molar-refractivity contribution in [2.24, 2.45) is 0 Å². The standard InChI is InChI=1S/C26H23ClN2O3/c1-4-32-22-12-9-18(10-13-22)23-24(28-20-11-8-16(2)17(3)14-20)26(31)29(25(23)30)21-7-5-6-19(27)15-21/h5-15,28H,4H2,1-3H3. The van der Waals surface area contributed by atoms with Gasteiger partial charge in [0.2, 0.25) is 0 Å². The molecule has 0 atom stereocenters.